The van der Waals surface area contributed by atoms with E-state index in [1.807, 2.05) is 6.07 Å². The number of nitrogens with zero attached hydrogens (tertiary/aromatic N) is 2. The van der Waals surface area contributed by atoms with Gasteiger partial charge in [0.1, 0.15) is 17.5 Å². The molecule has 0 spiro atoms. The van der Waals surface area contributed by atoms with Gasteiger partial charge in [0.2, 0.25) is 5.91 Å². The number of rotatable bonds is 7. The number of hydrogen-bond donors (Lipinski definition) is 1. The van der Waals surface area contributed by atoms with E-state index >= 15 is 0 Å². The van der Waals surface area contributed by atoms with Crippen LogP contribution in [0, 0.1) is 23.4 Å². The third-order valence-corrected chi connectivity index (χ3v) is 6.01. The second kappa shape index (κ2) is 9.08. The van der Waals surface area contributed by atoms with Gasteiger partial charge in [-0.15, -0.1) is 0 Å². The summed E-state index contributed by atoms with van der Waals surface area (Å²) < 4.78 is 41.6. The molecular formula is C23H26F3N3O. The summed E-state index contributed by atoms with van der Waals surface area (Å²) in [4.78, 5) is 16.6. The second-order valence-electron chi connectivity index (χ2n) is 8.01. The fourth-order valence-electron chi connectivity index (χ4n) is 4.23. The van der Waals surface area contributed by atoms with E-state index in [4.69, 9.17) is 0 Å². The van der Waals surface area contributed by atoms with Crippen LogP contribution in [0.4, 0.5) is 18.9 Å². The summed E-state index contributed by atoms with van der Waals surface area (Å²) in [5.74, 6) is -2.19. The summed E-state index contributed by atoms with van der Waals surface area (Å²) in [6.45, 7) is 4.62. The first kappa shape index (κ1) is 20.7. The molecule has 30 heavy (non-hydrogen) atoms. The average Bonchev–Trinajstić information content (AvgIpc) is 3.52. The number of para-hydroxylation sites is 1. The van der Waals surface area contributed by atoms with Gasteiger partial charge < -0.3 is 10.2 Å². The molecule has 4 nitrogen and oxygen atoms in total. The first-order chi connectivity index (χ1) is 14.5. The van der Waals surface area contributed by atoms with Crippen molar-refractivity contribution in [3.63, 3.8) is 0 Å². The van der Waals surface area contributed by atoms with Crippen molar-refractivity contribution < 1.29 is 18.0 Å². The fourth-order valence-corrected chi connectivity index (χ4v) is 4.23. The van der Waals surface area contributed by atoms with E-state index in [1.54, 1.807) is 12.1 Å². The maximum atomic E-state index is 13.9. The Hall–Kier alpha value is -2.54. The summed E-state index contributed by atoms with van der Waals surface area (Å²) in [6, 6.07) is 10.6. The number of halogens is 3. The van der Waals surface area contributed by atoms with Gasteiger partial charge >= 0.3 is 0 Å². The number of amides is 1. The highest BCUT2D eigenvalue weighted by Gasteiger charge is 2.46. The number of nitrogens with one attached hydrogen (secondary N) is 1. The van der Waals surface area contributed by atoms with Crippen LogP contribution in [0.2, 0.25) is 0 Å². The molecule has 1 aliphatic heterocycles. The fraction of sp³-hybridized carbons (Fsp3) is 0.435. The lowest BCUT2D eigenvalue weighted by molar-refractivity contribution is -0.122. The molecule has 2 fully saturated rings. The van der Waals surface area contributed by atoms with Crippen LogP contribution in [-0.2, 0) is 4.79 Å². The molecule has 2 aromatic rings. The number of carbonyl (C=O) groups excluding carboxylic acids is 1. The van der Waals surface area contributed by atoms with Crippen molar-refractivity contribution in [1.82, 2.24) is 10.2 Å². The van der Waals surface area contributed by atoms with Crippen LogP contribution in [0.15, 0.2) is 42.5 Å². The molecule has 160 valence electrons. The molecule has 2 aromatic carbocycles. The molecule has 0 bridgehead atoms. The monoisotopic (exact) mass is 417 g/mol. The molecule has 1 saturated carbocycles. The van der Waals surface area contributed by atoms with Gasteiger partial charge in [-0.05, 0) is 43.7 Å². The van der Waals surface area contributed by atoms with E-state index in [2.05, 4.69) is 15.1 Å². The third kappa shape index (κ3) is 4.61. The lowest BCUT2D eigenvalue weighted by Crippen LogP contribution is -2.47. The van der Waals surface area contributed by atoms with Crippen LogP contribution in [-0.4, -0.2) is 50.1 Å². The first-order valence-electron chi connectivity index (χ1n) is 10.5. The minimum Gasteiger partial charge on any atom is -0.367 e. The van der Waals surface area contributed by atoms with Crippen molar-refractivity contribution in [2.45, 2.75) is 18.8 Å². The smallest absolute Gasteiger partial charge is 0.223 e. The van der Waals surface area contributed by atoms with Crippen LogP contribution in [0.1, 0.15) is 24.3 Å². The third-order valence-electron chi connectivity index (χ3n) is 6.01. The van der Waals surface area contributed by atoms with Gasteiger partial charge in [0.05, 0.1) is 5.69 Å². The molecule has 2 aliphatic rings. The summed E-state index contributed by atoms with van der Waals surface area (Å²) >= 11 is 0. The van der Waals surface area contributed by atoms with E-state index in [-0.39, 0.29) is 29.1 Å². The molecule has 1 heterocycles. The van der Waals surface area contributed by atoms with E-state index in [0.29, 0.717) is 18.7 Å². The van der Waals surface area contributed by atoms with Gasteiger partial charge in [-0.25, -0.2) is 13.2 Å². The Morgan fingerprint density at radius 2 is 1.60 bits per heavy atom. The van der Waals surface area contributed by atoms with Gasteiger partial charge in [-0.3, -0.25) is 9.69 Å². The highest BCUT2D eigenvalue weighted by atomic mass is 19.1. The molecule has 0 aromatic heterocycles. The van der Waals surface area contributed by atoms with E-state index in [0.717, 1.165) is 39.1 Å². The Balaban J connectivity index is 1.15. The van der Waals surface area contributed by atoms with Crippen molar-refractivity contribution >= 4 is 11.6 Å². The normalized spacial score (nSPS) is 21.5. The molecule has 0 radical (unpaired) electrons. The minimum atomic E-state index is -0.579. The molecule has 1 saturated heterocycles. The first-order valence-corrected chi connectivity index (χ1v) is 10.5. The van der Waals surface area contributed by atoms with Crippen LogP contribution in [0.3, 0.4) is 0 Å². The molecular weight excluding hydrogens is 391 g/mol. The predicted octanol–water partition coefficient (Wildman–Crippen LogP) is 3.54. The number of piperazine rings is 1. The second-order valence-corrected chi connectivity index (χ2v) is 8.01. The highest BCUT2D eigenvalue weighted by Crippen LogP contribution is 2.49. The van der Waals surface area contributed by atoms with E-state index < -0.39 is 11.6 Å². The quantitative estimate of drug-likeness (QED) is 0.700. The van der Waals surface area contributed by atoms with Crippen molar-refractivity contribution in [2.24, 2.45) is 5.92 Å². The Bertz CT molecular complexity index is 879. The Labute approximate surface area is 174 Å². The van der Waals surface area contributed by atoms with Gasteiger partial charge in [-0.1, -0.05) is 18.2 Å². The lowest BCUT2D eigenvalue weighted by atomic mass is 10.1. The SMILES string of the molecule is O=C(NCCCN1CCN(c2ccccc2F)CC1)C1CC1c1c(F)cccc1F. The molecule has 2 unspecified atom stereocenters. The number of benzene rings is 2. The van der Waals surface area contributed by atoms with Gasteiger partial charge in [-0.2, -0.15) is 0 Å². The molecule has 4 rings (SSSR count). The van der Waals surface area contributed by atoms with E-state index in [1.165, 1.54) is 24.3 Å². The summed E-state index contributed by atoms with van der Waals surface area (Å²) in [5.41, 5.74) is 0.681. The zero-order chi connectivity index (χ0) is 21.1. The van der Waals surface area contributed by atoms with Crippen LogP contribution >= 0.6 is 0 Å². The molecule has 2 atom stereocenters. The summed E-state index contributed by atoms with van der Waals surface area (Å²) in [7, 11) is 0. The Morgan fingerprint density at radius 3 is 2.30 bits per heavy atom. The van der Waals surface area contributed by atoms with Crippen LogP contribution in [0.25, 0.3) is 0 Å². The summed E-state index contributed by atoms with van der Waals surface area (Å²) in [5, 5.41) is 2.89. The van der Waals surface area contributed by atoms with Gasteiger partial charge in [0, 0.05) is 50.1 Å². The maximum Gasteiger partial charge on any atom is 0.223 e. The van der Waals surface area contributed by atoms with E-state index in [9.17, 15) is 18.0 Å². The zero-order valence-electron chi connectivity index (χ0n) is 16.8. The Morgan fingerprint density at radius 1 is 0.933 bits per heavy atom. The molecule has 1 aliphatic carbocycles. The van der Waals surface area contributed by atoms with Crippen molar-refractivity contribution in [1.29, 1.82) is 0 Å². The predicted molar refractivity (Wildman–Crippen MR) is 110 cm³/mol. The topological polar surface area (TPSA) is 35.6 Å². The van der Waals surface area contributed by atoms with Crippen molar-refractivity contribution in [3.8, 4) is 0 Å². The Kier molecular flexibility index (Phi) is 6.27. The summed E-state index contributed by atoms with van der Waals surface area (Å²) in [6.07, 6.45) is 1.29. The maximum absolute atomic E-state index is 13.9. The molecule has 1 amide bonds. The molecule has 1 N–H and O–H groups in total. The average molecular weight is 417 g/mol. The largest absolute Gasteiger partial charge is 0.367 e. The standard InChI is InChI=1S/C23H26F3N3O/c24-18-5-1-2-8-21(18)29-13-11-28(12-14-29)10-4-9-27-23(30)17-15-16(17)22-19(25)6-3-7-20(22)26/h1-3,5-8,16-17H,4,9-15H2,(H,27,30). The van der Waals surface area contributed by atoms with Crippen molar-refractivity contribution in [2.75, 3.05) is 44.2 Å². The highest BCUT2D eigenvalue weighted by molar-refractivity contribution is 5.82. The van der Waals surface area contributed by atoms with Gasteiger partial charge in [0.25, 0.3) is 0 Å². The number of carbonyl (C=O) groups is 1. The minimum absolute atomic E-state index is 0.0328. The van der Waals surface area contributed by atoms with Crippen molar-refractivity contribution in [3.05, 3.63) is 65.5 Å². The lowest BCUT2D eigenvalue weighted by Gasteiger charge is -2.36. The number of hydrogen-bond acceptors (Lipinski definition) is 3. The van der Waals surface area contributed by atoms with Crippen LogP contribution in [0.5, 0.6) is 0 Å². The van der Waals surface area contributed by atoms with Gasteiger partial charge in [0.15, 0.2) is 0 Å². The number of anilines is 1. The molecule has 7 heteroatoms. The zero-order valence-corrected chi connectivity index (χ0v) is 16.8. The van der Waals surface area contributed by atoms with Crippen LogP contribution < -0.4 is 10.2 Å².